The van der Waals surface area contributed by atoms with E-state index in [4.69, 9.17) is 14.2 Å². The highest BCUT2D eigenvalue weighted by atomic mass is 16.6. The Morgan fingerprint density at radius 1 is 0.917 bits per heavy atom. The average Bonchev–Trinajstić information content (AvgIpc) is 3.23. The monoisotopic (exact) mass is 489 g/mol. The van der Waals surface area contributed by atoms with Crippen molar-refractivity contribution < 1.29 is 19.0 Å². The lowest BCUT2D eigenvalue weighted by Crippen LogP contribution is -2.43. The third-order valence-corrected chi connectivity index (χ3v) is 7.91. The molecule has 1 amide bonds. The molecule has 4 heterocycles. The summed E-state index contributed by atoms with van der Waals surface area (Å²) in [5.74, 6) is 2.37. The number of piperidine rings is 1. The third-order valence-electron chi connectivity index (χ3n) is 7.91. The van der Waals surface area contributed by atoms with Gasteiger partial charge in [0, 0.05) is 49.9 Å². The number of anilines is 1. The van der Waals surface area contributed by atoms with Crippen molar-refractivity contribution in [3.63, 3.8) is 0 Å². The van der Waals surface area contributed by atoms with Gasteiger partial charge in [-0.3, -0.25) is 9.59 Å². The lowest BCUT2D eigenvalue weighted by molar-refractivity contribution is -0.118. The molecule has 0 bridgehead atoms. The zero-order valence-electron chi connectivity index (χ0n) is 20.6. The van der Waals surface area contributed by atoms with Crippen LogP contribution in [0.1, 0.15) is 19.3 Å². The highest BCUT2D eigenvalue weighted by Gasteiger charge is 2.45. The number of carbonyl (C=O) groups is 1. The molecule has 0 aliphatic carbocycles. The van der Waals surface area contributed by atoms with Crippen LogP contribution in [0.5, 0.6) is 17.2 Å². The lowest BCUT2D eigenvalue weighted by Gasteiger charge is -2.39. The first-order chi connectivity index (χ1) is 17.5. The van der Waals surface area contributed by atoms with Crippen molar-refractivity contribution in [1.82, 2.24) is 9.47 Å². The molecule has 0 unspecified atom stereocenters. The van der Waals surface area contributed by atoms with Crippen LogP contribution >= 0.6 is 0 Å². The largest absolute Gasteiger partial charge is 0.497 e. The number of hydrogen-bond acceptors (Lipinski definition) is 6. The Kier molecular flexibility index (Phi) is 5.84. The predicted octanol–water partition coefficient (Wildman–Crippen LogP) is 3.30. The molecule has 0 saturated carbocycles. The summed E-state index contributed by atoms with van der Waals surface area (Å²) < 4.78 is 18.6. The molecule has 2 aromatic carbocycles. The fourth-order valence-corrected chi connectivity index (χ4v) is 5.78. The van der Waals surface area contributed by atoms with Gasteiger partial charge in [0.1, 0.15) is 19.0 Å². The summed E-state index contributed by atoms with van der Waals surface area (Å²) in [6.45, 7) is 5.09. The summed E-state index contributed by atoms with van der Waals surface area (Å²) in [6.07, 6.45) is 2.52. The van der Waals surface area contributed by atoms with E-state index in [9.17, 15) is 9.59 Å². The zero-order chi connectivity index (χ0) is 24.7. The first-order valence-corrected chi connectivity index (χ1v) is 12.6. The Bertz CT molecular complexity index is 1360. The molecule has 1 spiro atoms. The minimum absolute atomic E-state index is 0.000642. The van der Waals surface area contributed by atoms with Crippen LogP contribution in [0.2, 0.25) is 0 Å². The Hall–Kier alpha value is -3.52. The number of rotatable bonds is 5. The maximum atomic E-state index is 13.0. The Morgan fingerprint density at radius 2 is 1.69 bits per heavy atom. The molecular weight excluding hydrogens is 458 g/mol. The second kappa shape index (κ2) is 9.17. The minimum Gasteiger partial charge on any atom is -0.497 e. The summed E-state index contributed by atoms with van der Waals surface area (Å²) in [4.78, 5) is 30.0. The van der Waals surface area contributed by atoms with Crippen LogP contribution in [0.3, 0.4) is 0 Å². The molecule has 3 aliphatic rings. The van der Waals surface area contributed by atoms with E-state index in [-0.39, 0.29) is 16.9 Å². The molecule has 36 heavy (non-hydrogen) atoms. The number of likely N-dealkylation sites (tertiary alicyclic amines) is 1. The Morgan fingerprint density at radius 3 is 2.50 bits per heavy atom. The lowest BCUT2D eigenvalue weighted by atomic mass is 9.77. The first-order valence-electron chi connectivity index (χ1n) is 12.6. The van der Waals surface area contributed by atoms with Crippen molar-refractivity contribution in [1.29, 1.82) is 0 Å². The van der Waals surface area contributed by atoms with Gasteiger partial charge in [0.25, 0.3) is 5.56 Å². The number of ether oxygens (including phenoxy) is 3. The van der Waals surface area contributed by atoms with Crippen LogP contribution in [-0.4, -0.2) is 61.9 Å². The molecule has 6 rings (SSSR count). The molecule has 0 N–H and O–H groups in total. The standard InChI is InChI=1S/C28H31N3O5/c1-34-22-5-2-20-3-7-26(32)30(23(20)17-22)13-12-29-10-8-28(9-11-29)18-27(33)31(19-28)21-4-6-24-25(16-21)36-15-14-35-24/h2-7,16-17H,8-15,18-19H2,1H3. The van der Waals surface area contributed by atoms with Gasteiger partial charge in [-0.25, -0.2) is 0 Å². The summed E-state index contributed by atoms with van der Waals surface area (Å²) in [6, 6.07) is 15.1. The molecule has 188 valence electrons. The SMILES string of the molecule is COc1ccc2ccc(=O)n(CCN3CCC4(CC3)CC(=O)N(c3ccc5c(c3)OCCO5)C4)c2c1. The van der Waals surface area contributed by atoms with Crippen molar-refractivity contribution in [2.45, 2.75) is 25.8 Å². The van der Waals surface area contributed by atoms with Crippen LogP contribution in [0, 0.1) is 5.41 Å². The van der Waals surface area contributed by atoms with Crippen LogP contribution in [0.25, 0.3) is 10.9 Å². The van der Waals surface area contributed by atoms with E-state index in [0.29, 0.717) is 31.9 Å². The number of amides is 1. The smallest absolute Gasteiger partial charge is 0.251 e. The zero-order valence-corrected chi connectivity index (χ0v) is 20.6. The van der Waals surface area contributed by atoms with Crippen molar-refractivity contribution in [3.8, 4) is 17.2 Å². The summed E-state index contributed by atoms with van der Waals surface area (Å²) in [7, 11) is 1.64. The van der Waals surface area contributed by atoms with Crippen LogP contribution in [0.15, 0.2) is 53.3 Å². The van der Waals surface area contributed by atoms with Crippen molar-refractivity contribution in [3.05, 3.63) is 58.9 Å². The molecule has 2 fully saturated rings. The fraction of sp³-hybridized carbons (Fsp3) is 0.429. The molecule has 8 heteroatoms. The molecule has 0 radical (unpaired) electrons. The van der Waals surface area contributed by atoms with E-state index in [1.54, 1.807) is 13.2 Å². The van der Waals surface area contributed by atoms with Gasteiger partial charge in [0.05, 0.1) is 12.6 Å². The molecular formula is C28H31N3O5. The van der Waals surface area contributed by atoms with Crippen LogP contribution < -0.4 is 24.7 Å². The number of carbonyl (C=O) groups excluding carboxylic acids is 1. The number of aromatic nitrogens is 1. The van der Waals surface area contributed by atoms with Crippen LogP contribution in [-0.2, 0) is 11.3 Å². The predicted molar refractivity (Wildman–Crippen MR) is 137 cm³/mol. The third kappa shape index (κ3) is 4.19. The topological polar surface area (TPSA) is 73.2 Å². The first kappa shape index (κ1) is 22.9. The summed E-state index contributed by atoms with van der Waals surface area (Å²) in [5, 5.41) is 1.02. The van der Waals surface area contributed by atoms with Crippen molar-refractivity contribution >= 4 is 22.5 Å². The van der Waals surface area contributed by atoms with Gasteiger partial charge in [0.2, 0.25) is 5.91 Å². The summed E-state index contributed by atoms with van der Waals surface area (Å²) >= 11 is 0. The van der Waals surface area contributed by atoms with Crippen molar-refractivity contribution in [2.24, 2.45) is 5.41 Å². The maximum Gasteiger partial charge on any atom is 0.251 e. The van der Waals surface area contributed by atoms with Gasteiger partial charge < -0.3 is 28.6 Å². The number of benzene rings is 2. The molecule has 1 aromatic heterocycles. The minimum atomic E-state index is 0.000642. The van der Waals surface area contributed by atoms with Gasteiger partial charge in [-0.05, 0) is 67.1 Å². The van der Waals surface area contributed by atoms with E-state index in [0.717, 1.165) is 67.1 Å². The molecule has 3 aromatic rings. The Balaban J connectivity index is 1.11. The van der Waals surface area contributed by atoms with Crippen LogP contribution in [0.4, 0.5) is 5.69 Å². The number of methoxy groups -OCH3 is 1. The highest BCUT2D eigenvalue weighted by Crippen LogP contribution is 2.44. The van der Waals surface area contributed by atoms with Gasteiger partial charge in [0.15, 0.2) is 11.5 Å². The second-order valence-electron chi connectivity index (χ2n) is 10.1. The number of fused-ring (bicyclic) bond motifs is 2. The summed E-state index contributed by atoms with van der Waals surface area (Å²) in [5.41, 5.74) is 1.78. The van der Waals surface area contributed by atoms with Gasteiger partial charge in [-0.15, -0.1) is 0 Å². The van der Waals surface area contributed by atoms with E-state index in [2.05, 4.69) is 4.90 Å². The van der Waals surface area contributed by atoms with E-state index < -0.39 is 0 Å². The highest BCUT2D eigenvalue weighted by molar-refractivity contribution is 5.96. The average molecular weight is 490 g/mol. The molecule has 2 saturated heterocycles. The number of nitrogens with zero attached hydrogens (tertiary/aromatic N) is 3. The van der Waals surface area contributed by atoms with E-state index in [1.165, 1.54) is 0 Å². The number of pyridine rings is 1. The van der Waals surface area contributed by atoms with E-state index in [1.807, 2.05) is 51.9 Å². The van der Waals surface area contributed by atoms with Gasteiger partial charge in [-0.2, -0.15) is 0 Å². The fourth-order valence-electron chi connectivity index (χ4n) is 5.78. The van der Waals surface area contributed by atoms with Gasteiger partial charge in [-0.1, -0.05) is 0 Å². The quantitative estimate of drug-likeness (QED) is 0.548. The second-order valence-corrected chi connectivity index (χ2v) is 10.1. The molecule has 0 atom stereocenters. The van der Waals surface area contributed by atoms with E-state index >= 15 is 0 Å². The molecule has 8 nitrogen and oxygen atoms in total. The Labute approximate surface area is 210 Å². The van der Waals surface area contributed by atoms with Gasteiger partial charge >= 0.3 is 0 Å². The maximum absolute atomic E-state index is 13.0. The van der Waals surface area contributed by atoms with Crippen molar-refractivity contribution in [2.75, 3.05) is 51.4 Å². The normalized spacial score (nSPS) is 19.2. The molecule has 3 aliphatic heterocycles. The number of hydrogen-bond donors (Lipinski definition) is 0.